The molecule has 0 radical (unpaired) electrons. The predicted molar refractivity (Wildman–Crippen MR) is 130 cm³/mol. The van der Waals surface area contributed by atoms with Gasteiger partial charge in [-0.2, -0.15) is 0 Å². The molecule has 0 aromatic heterocycles. The number of likely N-dealkylation sites (tertiary alicyclic amines) is 1. The van der Waals surface area contributed by atoms with Crippen LogP contribution in [0.1, 0.15) is 64.2 Å². The molecular weight excluding hydrogens is 495 g/mol. The van der Waals surface area contributed by atoms with Gasteiger partial charge in [-0.15, -0.1) is 24.0 Å². The first kappa shape index (κ1) is 26.4. The minimum Gasteiger partial charge on any atom is -0.386 e. The Hall–Kier alpha value is -1.68. The van der Waals surface area contributed by atoms with E-state index in [0.29, 0.717) is 44.9 Å². The zero-order valence-corrected chi connectivity index (χ0v) is 20.7. The van der Waals surface area contributed by atoms with Crippen LogP contribution >= 0.6 is 24.0 Å². The van der Waals surface area contributed by atoms with Gasteiger partial charge in [0, 0.05) is 32.5 Å². The summed E-state index contributed by atoms with van der Waals surface area (Å²) in [6, 6.07) is 7.96. The molecule has 0 spiro atoms. The number of carbonyl (C=O) groups is 2. The molecule has 3 N–H and O–H groups in total. The van der Waals surface area contributed by atoms with Crippen LogP contribution in [0.3, 0.4) is 0 Å². The zero-order chi connectivity index (χ0) is 21.4. The highest BCUT2D eigenvalue weighted by Gasteiger charge is 2.25. The number of amides is 2. The fourth-order valence-corrected chi connectivity index (χ4v) is 3.17. The smallest absolute Gasteiger partial charge is 0.229 e. The first-order valence-corrected chi connectivity index (χ1v) is 10.4. The highest BCUT2D eigenvalue weighted by Crippen LogP contribution is 2.24. The Labute approximate surface area is 196 Å². The van der Waals surface area contributed by atoms with Crippen LogP contribution in [0.4, 0.5) is 0 Å². The third-order valence-electron chi connectivity index (χ3n) is 4.94. The maximum Gasteiger partial charge on any atom is 0.229 e. The molecule has 1 heterocycles. The van der Waals surface area contributed by atoms with Crippen molar-refractivity contribution in [3.8, 4) is 0 Å². The van der Waals surface area contributed by atoms with Gasteiger partial charge in [0.15, 0.2) is 5.96 Å². The van der Waals surface area contributed by atoms with Gasteiger partial charge in [-0.1, -0.05) is 45.0 Å². The molecule has 8 heteroatoms. The highest BCUT2D eigenvalue weighted by molar-refractivity contribution is 14.0. The van der Waals surface area contributed by atoms with Crippen LogP contribution in [0.2, 0.25) is 0 Å². The molecule has 2 amide bonds. The number of guanidine groups is 1. The van der Waals surface area contributed by atoms with Gasteiger partial charge >= 0.3 is 0 Å². The molecule has 2 rings (SSSR count). The molecule has 0 saturated carbocycles. The van der Waals surface area contributed by atoms with E-state index in [4.69, 9.17) is 0 Å². The van der Waals surface area contributed by atoms with Gasteiger partial charge in [-0.05, 0) is 29.9 Å². The van der Waals surface area contributed by atoms with Crippen LogP contribution in [0, 0.1) is 0 Å². The molecule has 1 saturated heterocycles. The molecule has 30 heavy (non-hydrogen) atoms. The number of imide groups is 1. The summed E-state index contributed by atoms with van der Waals surface area (Å²) < 4.78 is 0. The summed E-state index contributed by atoms with van der Waals surface area (Å²) in [5.74, 6) is 0.327. The van der Waals surface area contributed by atoms with Gasteiger partial charge < -0.3 is 15.7 Å². The number of aliphatic hydroxyl groups is 1. The van der Waals surface area contributed by atoms with Crippen molar-refractivity contribution in [2.45, 2.75) is 58.5 Å². The summed E-state index contributed by atoms with van der Waals surface area (Å²) in [7, 11) is 0. The maximum atomic E-state index is 11.9. The number of aliphatic hydroxyl groups excluding tert-OH is 1. The van der Waals surface area contributed by atoms with Gasteiger partial charge in [0.2, 0.25) is 11.8 Å². The normalized spacial score (nSPS) is 16.2. The van der Waals surface area contributed by atoms with Crippen molar-refractivity contribution in [1.29, 1.82) is 0 Å². The average molecular weight is 530 g/mol. The lowest BCUT2D eigenvalue weighted by Gasteiger charge is -2.25. The summed E-state index contributed by atoms with van der Waals surface area (Å²) in [4.78, 5) is 29.5. The summed E-state index contributed by atoms with van der Waals surface area (Å²) in [6.45, 7) is 10.0. The Morgan fingerprint density at radius 3 is 2.27 bits per heavy atom. The van der Waals surface area contributed by atoms with Crippen molar-refractivity contribution < 1.29 is 14.7 Å². The van der Waals surface area contributed by atoms with E-state index in [0.717, 1.165) is 5.56 Å². The van der Waals surface area contributed by atoms with Gasteiger partial charge in [0.25, 0.3) is 0 Å². The van der Waals surface area contributed by atoms with Gasteiger partial charge in [0.1, 0.15) is 0 Å². The third-order valence-corrected chi connectivity index (χ3v) is 4.94. The van der Waals surface area contributed by atoms with E-state index < -0.39 is 6.10 Å². The molecule has 1 fully saturated rings. The van der Waals surface area contributed by atoms with Crippen LogP contribution in [0.25, 0.3) is 0 Å². The number of carbonyl (C=O) groups excluding carboxylic acids is 2. The standard InChI is InChI=1S/C22H34N4O3.HI/c1-5-23-21(24-13-14-26-19(28)7-6-8-20(26)29)25-15-18(27)16-9-11-17(12-10-16)22(2,3)4;/h9-12,18,27H,5-8,13-15H2,1-4H3,(H2,23,24,25);1H. The fourth-order valence-electron chi connectivity index (χ4n) is 3.17. The lowest BCUT2D eigenvalue weighted by atomic mass is 9.86. The molecule has 7 nitrogen and oxygen atoms in total. The van der Waals surface area contributed by atoms with Crippen LogP contribution in [-0.4, -0.2) is 54.0 Å². The number of hydrogen-bond acceptors (Lipinski definition) is 4. The minimum absolute atomic E-state index is 0. The number of benzene rings is 1. The lowest BCUT2D eigenvalue weighted by molar-refractivity contribution is -0.147. The molecule has 1 unspecified atom stereocenters. The lowest BCUT2D eigenvalue weighted by Crippen LogP contribution is -2.46. The first-order valence-electron chi connectivity index (χ1n) is 10.4. The van der Waals surface area contributed by atoms with Gasteiger partial charge in [-0.25, -0.2) is 0 Å². The second-order valence-corrected chi connectivity index (χ2v) is 8.33. The van der Waals surface area contributed by atoms with Crippen molar-refractivity contribution in [3.63, 3.8) is 0 Å². The van der Waals surface area contributed by atoms with E-state index >= 15 is 0 Å². The second kappa shape index (κ2) is 12.2. The Balaban J connectivity index is 0.00000450. The van der Waals surface area contributed by atoms with Gasteiger partial charge in [-0.3, -0.25) is 19.5 Å². The minimum atomic E-state index is -0.704. The number of aliphatic imine (C=N–C) groups is 1. The topological polar surface area (TPSA) is 94.0 Å². The molecule has 1 aliphatic rings. The zero-order valence-electron chi connectivity index (χ0n) is 18.4. The van der Waals surface area contributed by atoms with Crippen molar-refractivity contribution in [1.82, 2.24) is 15.5 Å². The number of rotatable bonds is 7. The van der Waals surface area contributed by atoms with E-state index in [1.54, 1.807) is 0 Å². The largest absolute Gasteiger partial charge is 0.386 e. The van der Waals surface area contributed by atoms with Crippen LogP contribution in [0.15, 0.2) is 29.3 Å². The number of nitrogens with zero attached hydrogens (tertiary/aromatic N) is 2. The Morgan fingerprint density at radius 1 is 1.13 bits per heavy atom. The summed E-state index contributed by atoms with van der Waals surface area (Å²) in [6.07, 6.45) is 0.797. The molecule has 0 aliphatic carbocycles. The number of piperidine rings is 1. The van der Waals surface area contributed by atoms with Crippen molar-refractivity contribution >= 4 is 41.8 Å². The third kappa shape index (κ3) is 7.86. The van der Waals surface area contributed by atoms with E-state index in [1.165, 1.54) is 10.5 Å². The molecule has 0 bridgehead atoms. The number of halogens is 1. The molecule has 1 aliphatic heterocycles. The van der Waals surface area contributed by atoms with E-state index in [2.05, 4.69) is 36.4 Å². The quantitative estimate of drug-likeness (QED) is 0.218. The second-order valence-electron chi connectivity index (χ2n) is 8.33. The van der Waals surface area contributed by atoms with Gasteiger partial charge in [0.05, 0.1) is 12.6 Å². The van der Waals surface area contributed by atoms with E-state index in [9.17, 15) is 14.7 Å². The summed E-state index contributed by atoms with van der Waals surface area (Å²) in [5, 5.41) is 16.7. The molecular formula is C22H35IN4O3. The highest BCUT2D eigenvalue weighted by atomic mass is 127. The summed E-state index contributed by atoms with van der Waals surface area (Å²) >= 11 is 0. The fraction of sp³-hybridized carbons (Fsp3) is 0.591. The van der Waals surface area contributed by atoms with Crippen molar-refractivity contribution in [3.05, 3.63) is 35.4 Å². The maximum absolute atomic E-state index is 11.9. The SMILES string of the molecule is CCNC(=NCC(O)c1ccc(C(C)(C)C)cc1)NCCN1C(=O)CCCC1=O.I. The van der Waals surface area contributed by atoms with E-state index in [-0.39, 0.29) is 47.8 Å². The van der Waals surface area contributed by atoms with Crippen LogP contribution in [-0.2, 0) is 15.0 Å². The predicted octanol–water partition coefficient (Wildman–Crippen LogP) is 2.73. The van der Waals surface area contributed by atoms with Crippen molar-refractivity contribution in [2.75, 3.05) is 26.2 Å². The van der Waals surface area contributed by atoms with Crippen LogP contribution in [0.5, 0.6) is 0 Å². The molecule has 1 aromatic rings. The molecule has 1 atom stereocenters. The Bertz CT molecular complexity index is 713. The summed E-state index contributed by atoms with van der Waals surface area (Å²) in [5.41, 5.74) is 2.11. The van der Waals surface area contributed by atoms with Crippen molar-refractivity contribution in [2.24, 2.45) is 4.99 Å². The number of nitrogens with one attached hydrogen (secondary N) is 2. The first-order chi connectivity index (χ1) is 13.7. The molecule has 168 valence electrons. The Morgan fingerprint density at radius 2 is 1.73 bits per heavy atom. The average Bonchev–Trinajstić information content (AvgIpc) is 2.67. The van der Waals surface area contributed by atoms with Crippen LogP contribution < -0.4 is 10.6 Å². The number of hydrogen-bond donors (Lipinski definition) is 3. The monoisotopic (exact) mass is 530 g/mol. The Kier molecular flexibility index (Phi) is 10.8. The van der Waals surface area contributed by atoms with E-state index in [1.807, 2.05) is 31.2 Å². The molecule has 1 aromatic carbocycles.